The smallest absolute Gasteiger partial charge is 0.120 e. The first-order chi connectivity index (χ1) is 9.01. The first-order valence-corrected chi connectivity index (χ1v) is 7.48. The summed E-state index contributed by atoms with van der Waals surface area (Å²) in [4.78, 5) is 0. The summed E-state index contributed by atoms with van der Waals surface area (Å²) in [5.41, 5.74) is 2.89. The predicted molar refractivity (Wildman–Crippen MR) is 80.8 cm³/mol. The van der Waals surface area contributed by atoms with Gasteiger partial charge in [-0.2, -0.15) is 0 Å². The molecule has 2 nitrogen and oxygen atoms in total. The second kappa shape index (κ2) is 5.54. The lowest BCUT2D eigenvalue weighted by atomic mass is 9.61. The molecular weight excluding hydrogens is 234 g/mol. The van der Waals surface area contributed by atoms with Crippen LogP contribution in [0.2, 0.25) is 0 Å². The fraction of sp³-hybridized carbons (Fsp3) is 0.647. The van der Waals surface area contributed by atoms with Crippen LogP contribution in [0.1, 0.15) is 44.7 Å². The van der Waals surface area contributed by atoms with E-state index in [1.807, 2.05) is 0 Å². The topological polar surface area (TPSA) is 21.3 Å². The van der Waals surface area contributed by atoms with E-state index in [1.54, 1.807) is 0 Å². The maximum absolute atomic E-state index is 6.23. The van der Waals surface area contributed by atoms with Crippen LogP contribution in [0.4, 0.5) is 0 Å². The van der Waals surface area contributed by atoms with Gasteiger partial charge in [-0.25, -0.2) is 0 Å². The second-order valence-corrected chi connectivity index (χ2v) is 6.06. The Bertz CT molecular complexity index is 443. The molecule has 3 unspecified atom stereocenters. The molecule has 19 heavy (non-hydrogen) atoms. The monoisotopic (exact) mass is 261 g/mol. The highest BCUT2D eigenvalue weighted by Gasteiger charge is 2.51. The van der Waals surface area contributed by atoms with Gasteiger partial charge in [0.1, 0.15) is 11.9 Å². The van der Waals surface area contributed by atoms with E-state index >= 15 is 0 Å². The molecule has 3 atom stereocenters. The highest BCUT2D eigenvalue weighted by molar-refractivity contribution is 5.34. The summed E-state index contributed by atoms with van der Waals surface area (Å²) < 4.78 is 6.23. The molecule has 1 saturated carbocycles. The van der Waals surface area contributed by atoms with Crippen LogP contribution >= 0.6 is 0 Å². The summed E-state index contributed by atoms with van der Waals surface area (Å²) in [5.74, 6) is 1.02. The molecule has 0 saturated heterocycles. The van der Waals surface area contributed by atoms with Crippen LogP contribution in [-0.4, -0.2) is 18.7 Å². The van der Waals surface area contributed by atoms with Crippen molar-refractivity contribution in [3.05, 3.63) is 29.3 Å². The Morgan fingerprint density at radius 2 is 2.00 bits per heavy atom. The Hall–Kier alpha value is -1.02. The first-order valence-electron chi connectivity index (χ1n) is 7.48. The molecule has 0 radical (unpaired) electrons. The van der Waals surface area contributed by atoms with Crippen LogP contribution in [0.3, 0.4) is 0 Å². The number of ether oxygens (including phenoxy) is 1. The van der Waals surface area contributed by atoms with Gasteiger partial charge in [0.15, 0.2) is 0 Å². The molecule has 0 aromatic heterocycles. The lowest BCUT2D eigenvalue weighted by molar-refractivity contribution is -0.0697. The minimum absolute atomic E-state index is 0.259. The molecule has 1 aliphatic rings. The largest absolute Gasteiger partial charge is 0.490 e. The van der Waals surface area contributed by atoms with Crippen molar-refractivity contribution in [1.29, 1.82) is 0 Å². The number of hydrogen-bond acceptors (Lipinski definition) is 2. The first kappa shape index (κ1) is 14.4. The number of hydrogen-bond donors (Lipinski definition) is 1. The van der Waals surface area contributed by atoms with Gasteiger partial charge in [0, 0.05) is 17.9 Å². The summed E-state index contributed by atoms with van der Waals surface area (Å²) in [6.07, 6.45) is 2.61. The molecule has 1 fully saturated rings. The number of rotatable bonds is 5. The average Bonchev–Trinajstić information content (AvgIpc) is 2.40. The SMILES string of the molecule is CCNC1CC(Oc2ccc(C)c(C)c2)C1(C)CC. The van der Waals surface area contributed by atoms with Crippen molar-refractivity contribution in [3.8, 4) is 5.75 Å². The quantitative estimate of drug-likeness (QED) is 0.869. The summed E-state index contributed by atoms with van der Waals surface area (Å²) in [6.45, 7) is 12.1. The van der Waals surface area contributed by atoms with Crippen molar-refractivity contribution < 1.29 is 4.74 Å². The normalized spacial score (nSPS) is 29.9. The molecule has 0 heterocycles. The minimum Gasteiger partial charge on any atom is -0.490 e. The predicted octanol–water partition coefficient (Wildman–Crippen LogP) is 3.85. The van der Waals surface area contributed by atoms with Crippen LogP contribution in [0.5, 0.6) is 5.75 Å². The standard InChI is InChI=1S/C17H27NO/c1-6-17(5)15(18-7-2)11-16(17)19-14-9-8-12(3)13(4)10-14/h8-10,15-16,18H,6-7,11H2,1-5H3. The second-order valence-electron chi connectivity index (χ2n) is 6.06. The van der Waals surface area contributed by atoms with Gasteiger partial charge in [0.2, 0.25) is 0 Å². The molecular formula is C17H27NO. The van der Waals surface area contributed by atoms with Gasteiger partial charge >= 0.3 is 0 Å². The Balaban J connectivity index is 2.05. The van der Waals surface area contributed by atoms with E-state index in [9.17, 15) is 0 Å². The van der Waals surface area contributed by atoms with Crippen LogP contribution in [-0.2, 0) is 0 Å². The minimum atomic E-state index is 0.259. The van der Waals surface area contributed by atoms with Crippen molar-refractivity contribution in [1.82, 2.24) is 5.32 Å². The fourth-order valence-corrected chi connectivity index (χ4v) is 2.99. The van der Waals surface area contributed by atoms with Crippen LogP contribution in [0.25, 0.3) is 0 Å². The third kappa shape index (κ3) is 2.64. The molecule has 1 aromatic carbocycles. The molecule has 0 aliphatic heterocycles. The zero-order valence-electron chi connectivity index (χ0n) is 12.9. The molecule has 1 aromatic rings. The van der Waals surface area contributed by atoms with Crippen molar-refractivity contribution in [2.75, 3.05) is 6.54 Å². The van der Waals surface area contributed by atoms with E-state index in [1.165, 1.54) is 11.1 Å². The molecule has 2 rings (SSSR count). The van der Waals surface area contributed by atoms with Gasteiger partial charge < -0.3 is 10.1 Å². The Kier molecular flexibility index (Phi) is 4.19. The number of aryl methyl sites for hydroxylation is 2. The van der Waals surface area contributed by atoms with Gasteiger partial charge in [-0.3, -0.25) is 0 Å². The lowest BCUT2D eigenvalue weighted by Crippen LogP contribution is -2.63. The Morgan fingerprint density at radius 1 is 1.26 bits per heavy atom. The van der Waals surface area contributed by atoms with E-state index in [-0.39, 0.29) is 5.41 Å². The third-order valence-corrected chi connectivity index (χ3v) is 4.95. The van der Waals surface area contributed by atoms with Crippen molar-refractivity contribution in [3.63, 3.8) is 0 Å². The number of benzene rings is 1. The molecule has 0 spiro atoms. The zero-order chi connectivity index (χ0) is 14.0. The van der Waals surface area contributed by atoms with Crippen LogP contribution < -0.4 is 10.1 Å². The summed E-state index contributed by atoms with van der Waals surface area (Å²) in [6, 6.07) is 7.00. The third-order valence-electron chi connectivity index (χ3n) is 4.95. The summed E-state index contributed by atoms with van der Waals surface area (Å²) in [7, 11) is 0. The van der Waals surface area contributed by atoms with Gasteiger partial charge in [-0.05, 0) is 50.1 Å². The maximum Gasteiger partial charge on any atom is 0.120 e. The fourth-order valence-electron chi connectivity index (χ4n) is 2.99. The van der Waals surface area contributed by atoms with Crippen molar-refractivity contribution in [2.45, 2.75) is 59.6 Å². The van der Waals surface area contributed by atoms with Gasteiger partial charge in [-0.15, -0.1) is 0 Å². The number of nitrogens with one attached hydrogen (secondary N) is 1. The van der Waals surface area contributed by atoms with Gasteiger partial charge in [0.25, 0.3) is 0 Å². The van der Waals surface area contributed by atoms with Crippen LogP contribution in [0.15, 0.2) is 18.2 Å². The molecule has 1 aliphatic carbocycles. The Labute approximate surface area is 117 Å². The van der Waals surface area contributed by atoms with E-state index < -0.39 is 0 Å². The highest BCUT2D eigenvalue weighted by atomic mass is 16.5. The molecule has 0 amide bonds. The molecule has 106 valence electrons. The summed E-state index contributed by atoms with van der Waals surface area (Å²) >= 11 is 0. The van der Waals surface area contributed by atoms with Gasteiger partial charge in [0.05, 0.1) is 0 Å². The van der Waals surface area contributed by atoms with E-state index in [0.29, 0.717) is 12.1 Å². The van der Waals surface area contributed by atoms with Crippen molar-refractivity contribution in [2.24, 2.45) is 5.41 Å². The Morgan fingerprint density at radius 3 is 2.58 bits per heavy atom. The lowest BCUT2D eigenvalue weighted by Gasteiger charge is -2.53. The highest BCUT2D eigenvalue weighted by Crippen LogP contribution is 2.46. The van der Waals surface area contributed by atoms with Gasteiger partial charge in [-0.1, -0.05) is 26.8 Å². The average molecular weight is 261 g/mol. The van der Waals surface area contributed by atoms with Crippen molar-refractivity contribution >= 4 is 0 Å². The molecule has 2 heteroatoms. The van der Waals surface area contributed by atoms with E-state index in [2.05, 4.69) is 58.1 Å². The van der Waals surface area contributed by atoms with E-state index in [4.69, 9.17) is 4.74 Å². The molecule has 0 bridgehead atoms. The molecule has 1 N–H and O–H groups in total. The zero-order valence-corrected chi connectivity index (χ0v) is 12.9. The van der Waals surface area contributed by atoms with E-state index in [0.717, 1.165) is 25.1 Å². The maximum atomic E-state index is 6.23. The van der Waals surface area contributed by atoms with Crippen LogP contribution in [0, 0.1) is 19.3 Å². The summed E-state index contributed by atoms with van der Waals surface area (Å²) in [5, 5.41) is 3.58.